The average Bonchev–Trinajstić information content (AvgIpc) is 2.77. The van der Waals surface area contributed by atoms with Crippen molar-refractivity contribution in [2.75, 3.05) is 5.32 Å². The van der Waals surface area contributed by atoms with Crippen molar-refractivity contribution in [2.24, 2.45) is 7.05 Å². The molecule has 2 heterocycles. The maximum absolute atomic E-state index is 11.0. The molecule has 0 aromatic carbocycles. The van der Waals surface area contributed by atoms with E-state index in [0.717, 1.165) is 17.7 Å². The molecule has 0 saturated heterocycles. The summed E-state index contributed by atoms with van der Waals surface area (Å²) in [7, 11) is 1.85. The van der Waals surface area contributed by atoms with Crippen molar-refractivity contribution >= 4 is 27.3 Å². The highest BCUT2D eigenvalue weighted by Crippen LogP contribution is 2.31. The summed E-state index contributed by atoms with van der Waals surface area (Å²) in [6.07, 6.45) is 5.49. The standard InChI is InChI=1S/C12H14BrN5O2/c1-3-10-8(7-17(2)16-10)4-15-12-9(13)5-14-6-11(12)18(19)20/h5-7H,3-4H2,1-2H3,(H,14,15). The van der Waals surface area contributed by atoms with Gasteiger partial charge in [0.15, 0.2) is 0 Å². The molecule has 0 atom stereocenters. The van der Waals surface area contributed by atoms with Crippen molar-refractivity contribution < 1.29 is 4.92 Å². The van der Waals surface area contributed by atoms with Crippen molar-refractivity contribution in [3.8, 4) is 0 Å². The van der Waals surface area contributed by atoms with Gasteiger partial charge in [-0.3, -0.25) is 19.8 Å². The second-order valence-corrected chi connectivity index (χ2v) is 5.11. The quantitative estimate of drug-likeness (QED) is 0.668. The number of nitro groups is 1. The van der Waals surface area contributed by atoms with Gasteiger partial charge in [0.05, 0.1) is 15.1 Å². The molecule has 0 aliphatic carbocycles. The fourth-order valence-corrected chi connectivity index (χ4v) is 2.41. The molecule has 2 aromatic rings. The molecule has 20 heavy (non-hydrogen) atoms. The molecule has 0 amide bonds. The minimum atomic E-state index is -0.454. The molecule has 106 valence electrons. The van der Waals surface area contributed by atoms with E-state index in [1.807, 2.05) is 20.2 Å². The van der Waals surface area contributed by atoms with Crippen molar-refractivity contribution in [3.05, 3.63) is 44.4 Å². The lowest BCUT2D eigenvalue weighted by Crippen LogP contribution is -2.05. The van der Waals surface area contributed by atoms with Crippen LogP contribution in [0.1, 0.15) is 18.2 Å². The highest BCUT2D eigenvalue weighted by molar-refractivity contribution is 9.10. The number of rotatable bonds is 5. The molecule has 1 N–H and O–H groups in total. The predicted octanol–water partition coefficient (Wildman–Crippen LogP) is 2.66. The first-order valence-electron chi connectivity index (χ1n) is 6.06. The molecule has 0 aliphatic heterocycles. The summed E-state index contributed by atoms with van der Waals surface area (Å²) in [6, 6.07) is 0. The fraction of sp³-hybridized carbons (Fsp3) is 0.333. The lowest BCUT2D eigenvalue weighted by Gasteiger charge is -2.08. The number of nitrogens with zero attached hydrogens (tertiary/aromatic N) is 4. The molecule has 0 bridgehead atoms. The van der Waals surface area contributed by atoms with E-state index in [9.17, 15) is 10.1 Å². The van der Waals surface area contributed by atoms with Crippen LogP contribution in [0.3, 0.4) is 0 Å². The SMILES string of the molecule is CCc1nn(C)cc1CNc1c(Br)cncc1[N+](=O)[O-]. The zero-order valence-electron chi connectivity index (χ0n) is 11.1. The second-order valence-electron chi connectivity index (χ2n) is 4.25. The van der Waals surface area contributed by atoms with Crippen LogP contribution in [0.25, 0.3) is 0 Å². The molecule has 0 aliphatic rings. The third kappa shape index (κ3) is 2.96. The van der Waals surface area contributed by atoms with Crippen LogP contribution in [-0.2, 0) is 20.0 Å². The molecule has 0 unspecified atom stereocenters. The van der Waals surface area contributed by atoms with Crippen LogP contribution in [0.2, 0.25) is 0 Å². The summed E-state index contributed by atoms with van der Waals surface area (Å²) in [5.74, 6) is 0. The molecule has 0 saturated carbocycles. The van der Waals surface area contributed by atoms with Crippen LogP contribution in [0, 0.1) is 10.1 Å². The Bertz CT molecular complexity index is 641. The largest absolute Gasteiger partial charge is 0.374 e. The highest BCUT2D eigenvalue weighted by atomic mass is 79.9. The van der Waals surface area contributed by atoms with Crippen LogP contribution >= 0.6 is 15.9 Å². The Kier molecular flexibility index (Phi) is 4.33. The van der Waals surface area contributed by atoms with Gasteiger partial charge in [-0.25, -0.2) is 0 Å². The van der Waals surface area contributed by atoms with Crippen LogP contribution in [0.4, 0.5) is 11.4 Å². The van der Waals surface area contributed by atoms with Gasteiger partial charge in [0.2, 0.25) is 0 Å². The summed E-state index contributed by atoms with van der Waals surface area (Å²) in [6.45, 7) is 2.50. The van der Waals surface area contributed by atoms with E-state index in [1.165, 1.54) is 12.4 Å². The van der Waals surface area contributed by atoms with Gasteiger partial charge in [-0.15, -0.1) is 0 Å². The molecule has 0 spiro atoms. The number of aryl methyl sites for hydroxylation is 2. The Hall–Kier alpha value is -1.96. The highest BCUT2D eigenvalue weighted by Gasteiger charge is 2.17. The number of aromatic nitrogens is 3. The molecular weight excluding hydrogens is 326 g/mol. The van der Waals surface area contributed by atoms with Gasteiger partial charge in [-0.2, -0.15) is 5.10 Å². The lowest BCUT2D eigenvalue weighted by molar-refractivity contribution is -0.384. The number of hydrogen-bond acceptors (Lipinski definition) is 5. The maximum atomic E-state index is 11.0. The molecular formula is C12H14BrN5O2. The van der Waals surface area contributed by atoms with Crippen LogP contribution in [0.5, 0.6) is 0 Å². The summed E-state index contributed by atoms with van der Waals surface area (Å²) >= 11 is 3.28. The molecule has 8 heteroatoms. The van der Waals surface area contributed by atoms with Gasteiger partial charge in [0, 0.05) is 31.5 Å². The van der Waals surface area contributed by atoms with Crippen molar-refractivity contribution in [1.29, 1.82) is 0 Å². The monoisotopic (exact) mass is 339 g/mol. The first-order valence-corrected chi connectivity index (χ1v) is 6.85. The summed E-state index contributed by atoms with van der Waals surface area (Å²) in [5.41, 5.74) is 2.37. The van der Waals surface area contributed by atoms with E-state index >= 15 is 0 Å². The minimum absolute atomic E-state index is 0.0543. The Balaban J connectivity index is 2.24. The zero-order valence-corrected chi connectivity index (χ0v) is 12.7. The van der Waals surface area contributed by atoms with Gasteiger partial charge in [-0.1, -0.05) is 6.92 Å². The topological polar surface area (TPSA) is 85.9 Å². The van der Waals surface area contributed by atoms with Gasteiger partial charge in [0.1, 0.15) is 11.9 Å². The first-order chi connectivity index (χ1) is 9.52. The third-order valence-corrected chi connectivity index (χ3v) is 3.46. The number of nitrogens with one attached hydrogen (secondary N) is 1. The van der Waals surface area contributed by atoms with E-state index in [1.54, 1.807) is 4.68 Å². The smallest absolute Gasteiger partial charge is 0.311 e. The van der Waals surface area contributed by atoms with E-state index in [0.29, 0.717) is 16.7 Å². The second kappa shape index (κ2) is 6.00. The van der Waals surface area contributed by atoms with Gasteiger partial charge in [-0.05, 0) is 22.4 Å². The van der Waals surface area contributed by atoms with E-state index in [2.05, 4.69) is 31.3 Å². The molecule has 7 nitrogen and oxygen atoms in total. The van der Waals surface area contributed by atoms with Crippen LogP contribution in [-0.4, -0.2) is 19.7 Å². The number of hydrogen-bond donors (Lipinski definition) is 1. The van der Waals surface area contributed by atoms with Gasteiger partial charge in [0.25, 0.3) is 0 Å². The molecule has 2 aromatic heterocycles. The Morgan fingerprint density at radius 1 is 1.50 bits per heavy atom. The summed E-state index contributed by atoms with van der Waals surface area (Å²) in [4.78, 5) is 14.4. The molecule has 2 rings (SSSR count). The fourth-order valence-electron chi connectivity index (χ4n) is 1.95. The number of pyridine rings is 1. The number of halogens is 1. The minimum Gasteiger partial charge on any atom is -0.374 e. The van der Waals surface area contributed by atoms with Crippen molar-refractivity contribution in [2.45, 2.75) is 19.9 Å². The summed E-state index contributed by atoms with van der Waals surface area (Å²) < 4.78 is 2.31. The first kappa shape index (κ1) is 14.4. The van der Waals surface area contributed by atoms with Crippen LogP contribution in [0.15, 0.2) is 23.1 Å². The summed E-state index contributed by atoms with van der Waals surface area (Å²) in [5, 5.41) is 18.4. The maximum Gasteiger partial charge on any atom is 0.311 e. The Morgan fingerprint density at radius 3 is 2.90 bits per heavy atom. The van der Waals surface area contributed by atoms with Crippen molar-refractivity contribution in [3.63, 3.8) is 0 Å². The van der Waals surface area contributed by atoms with E-state index < -0.39 is 4.92 Å². The Morgan fingerprint density at radius 2 is 2.25 bits per heavy atom. The molecule has 0 radical (unpaired) electrons. The molecule has 0 fully saturated rings. The van der Waals surface area contributed by atoms with Gasteiger partial charge < -0.3 is 5.32 Å². The predicted molar refractivity (Wildman–Crippen MR) is 78.5 cm³/mol. The third-order valence-electron chi connectivity index (χ3n) is 2.86. The van der Waals surface area contributed by atoms with Crippen molar-refractivity contribution in [1.82, 2.24) is 14.8 Å². The van der Waals surface area contributed by atoms with E-state index in [-0.39, 0.29) is 5.69 Å². The lowest BCUT2D eigenvalue weighted by atomic mass is 10.2. The van der Waals surface area contributed by atoms with Crippen LogP contribution < -0.4 is 5.32 Å². The van der Waals surface area contributed by atoms with E-state index in [4.69, 9.17) is 0 Å². The normalized spacial score (nSPS) is 10.6. The number of anilines is 1. The van der Waals surface area contributed by atoms with Gasteiger partial charge >= 0.3 is 5.69 Å². The Labute approximate surface area is 124 Å². The average molecular weight is 340 g/mol. The zero-order chi connectivity index (χ0) is 14.7.